The van der Waals surface area contributed by atoms with Gasteiger partial charge in [-0.25, -0.2) is 4.90 Å². The van der Waals surface area contributed by atoms with Crippen LogP contribution in [0.4, 0.5) is 5.69 Å². The Bertz CT molecular complexity index is 487. The first-order valence-corrected chi connectivity index (χ1v) is 6.44. The van der Waals surface area contributed by atoms with Crippen LogP contribution in [0.25, 0.3) is 0 Å². The molecule has 1 aliphatic rings. The number of carbonyl (C=O) groups excluding carboxylic acids is 2. The van der Waals surface area contributed by atoms with Crippen molar-refractivity contribution in [2.24, 2.45) is 0 Å². The standard InChI is InChI=1S/C15H17NO3/c1-3-4-11(2)19-13-7-5-12(6-8-13)16-14(17)9-10-15(16)18/h5-11H,3-4H2,1-2H3. The van der Waals surface area contributed by atoms with Crippen LogP contribution in [0.1, 0.15) is 26.7 Å². The molecular weight excluding hydrogens is 242 g/mol. The highest BCUT2D eigenvalue weighted by Crippen LogP contribution is 2.23. The SMILES string of the molecule is CCCC(C)Oc1ccc(N2C(=O)C=CC2=O)cc1. The lowest BCUT2D eigenvalue weighted by Gasteiger charge is -2.16. The third kappa shape index (κ3) is 3.02. The normalized spacial score (nSPS) is 16.0. The number of nitrogens with zero attached hydrogens (tertiary/aromatic N) is 1. The molecule has 0 saturated heterocycles. The summed E-state index contributed by atoms with van der Waals surface area (Å²) in [7, 11) is 0. The molecule has 1 aromatic rings. The first kappa shape index (κ1) is 13.3. The number of carbonyl (C=O) groups is 2. The molecule has 2 rings (SSSR count). The van der Waals surface area contributed by atoms with Crippen LogP contribution >= 0.6 is 0 Å². The van der Waals surface area contributed by atoms with Gasteiger partial charge in [-0.1, -0.05) is 13.3 Å². The summed E-state index contributed by atoms with van der Waals surface area (Å²) in [5.41, 5.74) is 0.565. The van der Waals surface area contributed by atoms with E-state index in [9.17, 15) is 9.59 Å². The number of hydrogen-bond acceptors (Lipinski definition) is 3. The van der Waals surface area contributed by atoms with E-state index in [2.05, 4.69) is 6.92 Å². The number of amides is 2. The molecule has 1 heterocycles. The molecule has 4 heteroatoms. The van der Waals surface area contributed by atoms with Gasteiger partial charge in [-0.05, 0) is 37.6 Å². The number of imide groups is 1. The van der Waals surface area contributed by atoms with Gasteiger partial charge in [0.15, 0.2) is 0 Å². The first-order chi connectivity index (χ1) is 9.11. The fourth-order valence-electron chi connectivity index (χ4n) is 2.03. The highest BCUT2D eigenvalue weighted by molar-refractivity contribution is 6.28. The van der Waals surface area contributed by atoms with Gasteiger partial charge in [0.1, 0.15) is 5.75 Å². The molecule has 19 heavy (non-hydrogen) atoms. The molecule has 1 atom stereocenters. The van der Waals surface area contributed by atoms with Crippen molar-refractivity contribution in [1.82, 2.24) is 0 Å². The van der Waals surface area contributed by atoms with Crippen molar-refractivity contribution in [2.45, 2.75) is 32.8 Å². The van der Waals surface area contributed by atoms with Crippen molar-refractivity contribution in [1.29, 1.82) is 0 Å². The van der Waals surface area contributed by atoms with Crippen LogP contribution in [0.5, 0.6) is 5.75 Å². The van der Waals surface area contributed by atoms with Crippen LogP contribution in [0.3, 0.4) is 0 Å². The molecule has 4 nitrogen and oxygen atoms in total. The van der Waals surface area contributed by atoms with Crippen molar-refractivity contribution in [3.8, 4) is 5.75 Å². The average molecular weight is 259 g/mol. The predicted molar refractivity (Wildman–Crippen MR) is 73.1 cm³/mol. The summed E-state index contributed by atoms with van der Waals surface area (Å²) in [5, 5.41) is 0. The maximum absolute atomic E-state index is 11.5. The lowest BCUT2D eigenvalue weighted by atomic mass is 10.2. The summed E-state index contributed by atoms with van der Waals surface area (Å²) >= 11 is 0. The summed E-state index contributed by atoms with van der Waals surface area (Å²) in [6.07, 6.45) is 4.77. The third-order valence-corrected chi connectivity index (χ3v) is 2.94. The smallest absolute Gasteiger partial charge is 0.258 e. The van der Waals surface area contributed by atoms with Crippen molar-refractivity contribution in [3.05, 3.63) is 36.4 Å². The molecule has 1 unspecified atom stereocenters. The maximum atomic E-state index is 11.5. The Morgan fingerprint density at radius 2 is 1.68 bits per heavy atom. The highest BCUT2D eigenvalue weighted by atomic mass is 16.5. The largest absolute Gasteiger partial charge is 0.491 e. The summed E-state index contributed by atoms with van der Waals surface area (Å²) in [6, 6.07) is 6.99. The van der Waals surface area contributed by atoms with Crippen molar-refractivity contribution >= 4 is 17.5 Å². The van der Waals surface area contributed by atoms with Gasteiger partial charge in [0.2, 0.25) is 0 Å². The molecule has 1 aromatic carbocycles. The van der Waals surface area contributed by atoms with E-state index in [0.717, 1.165) is 23.5 Å². The summed E-state index contributed by atoms with van der Waals surface area (Å²) in [4.78, 5) is 24.2. The summed E-state index contributed by atoms with van der Waals surface area (Å²) in [6.45, 7) is 4.13. The van der Waals surface area contributed by atoms with Gasteiger partial charge >= 0.3 is 0 Å². The zero-order valence-electron chi connectivity index (χ0n) is 11.1. The minimum Gasteiger partial charge on any atom is -0.491 e. The van der Waals surface area contributed by atoms with E-state index in [1.807, 2.05) is 6.92 Å². The lowest BCUT2D eigenvalue weighted by Crippen LogP contribution is -2.29. The zero-order valence-corrected chi connectivity index (χ0v) is 11.1. The van der Waals surface area contributed by atoms with Gasteiger partial charge in [0, 0.05) is 12.2 Å². The number of hydrogen-bond donors (Lipinski definition) is 0. The van der Waals surface area contributed by atoms with Crippen molar-refractivity contribution < 1.29 is 14.3 Å². The Kier molecular flexibility index (Phi) is 4.00. The average Bonchev–Trinajstić information content (AvgIpc) is 2.71. The van der Waals surface area contributed by atoms with E-state index in [4.69, 9.17) is 4.74 Å². The fraction of sp³-hybridized carbons (Fsp3) is 0.333. The summed E-state index contributed by atoms with van der Waals surface area (Å²) < 4.78 is 5.72. The minimum absolute atomic E-state index is 0.160. The monoisotopic (exact) mass is 259 g/mol. The Hall–Kier alpha value is -2.10. The van der Waals surface area contributed by atoms with Crippen molar-refractivity contribution in [3.63, 3.8) is 0 Å². The van der Waals surface area contributed by atoms with E-state index in [1.165, 1.54) is 12.2 Å². The van der Waals surface area contributed by atoms with E-state index in [0.29, 0.717) is 5.69 Å². The highest BCUT2D eigenvalue weighted by Gasteiger charge is 2.24. The molecule has 2 amide bonds. The molecule has 0 fully saturated rings. The lowest BCUT2D eigenvalue weighted by molar-refractivity contribution is -0.119. The predicted octanol–water partition coefficient (Wildman–Crippen LogP) is 2.68. The van der Waals surface area contributed by atoms with Gasteiger partial charge in [-0.3, -0.25) is 9.59 Å². The van der Waals surface area contributed by atoms with E-state index in [-0.39, 0.29) is 17.9 Å². The minimum atomic E-state index is -0.307. The Balaban J connectivity index is 2.06. The topological polar surface area (TPSA) is 46.6 Å². The second-order valence-corrected chi connectivity index (χ2v) is 4.56. The number of ether oxygens (including phenoxy) is 1. The molecule has 0 spiro atoms. The maximum Gasteiger partial charge on any atom is 0.258 e. The van der Waals surface area contributed by atoms with Gasteiger partial charge < -0.3 is 4.74 Å². The fourth-order valence-corrected chi connectivity index (χ4v) is 2.03. The van der Waals surface area contributed by atoms with E-state index >= 15 is 0 Å². The number of benzene rings is 1. The molecule has 0 bridgehead atoms. The quantitative estimate of drug-likeness (QED) is 0.764. The molecule has 0 radical (unpaired) electrons. The molecule has 0 aliphatic carbocycles. The number of anilines is 1. The molecule has 0 N–H and O–H groups in total. The van der Waals surface area contributed by atoms with Crippen molar-refractivity contribution in [2.75, 3.05) is 4.90 Å². The van der Waals surface area contributed by atoms with Crippen LogP contribution in [-0.4, -0.2) is 17.9 Å². The van der Waals surface area contributed by atoms with Crippen LogP contribution in [0.15, 0.2) is 36.4 Å². The second kappa shape index (κ2) is 5.69. The van der Waals surface area contributed by atoms with Crippen LogP contribution < -0.4 is 9.64 Å². The van der Waals surface area contributed by atoms with Crippen LogP contribution in [-0.2, 0) is 9.59 Å². The molecule has 0 saturated carbocycles. The first-order valence-electron chi connectivity index (χ1n) is 6.44. The zero-order chi connectivity index (χ0) is 13.8. The second-order valence-electron chi connectivity index (χ2n) is 4.56. The Labute approximate surface area is 112 Å². The molecule has 1 aliphatic heterocycles. The molecule has 100 valence electrons. The summed E-state index contributed by atoms with van der Waals surface area (Å²) in [5.74, 6) is 0.132. The van der Waals surface area contributed by atoms with Gasteiger partial charge in [0.05, 0.1) is 11.8 Å². The Morgan fingerprint density at radius 1 is 1.11 bits per heavy atom. The van der Waals surface area contributed by atoms with Crippen LogP contribution in [0.2, 0.25) is 0 Å². The molecule has 0 aromatic heterocycles. The van der Waals surface area contributed by atoms with E-state index < -0.39 is 0 Å². The van der Waals surface area contributed by atoms with E-state index in [1.54, 1.807) is 24.3 Å². The van der Waals surface area contributed by atoms with Crippen LogP contribution in [0, 0.1) is 0 Å². The third-order valence-electron chi connectivity index (χ3n) is 2.94. The molecular formula is C15H17NO3. The number of rotatable bonds is 5. The van der Waals surface area contributed by atoms with Gasteiger partial charge in [-0.2, -0.15) is 0 Å². The van der Waals surface area contributed by atoms with Gasteiger partial charge in [0.25, 0.3) is 11.8 Å². The van der Waals surface area contributed by atoms with Gasteiger partial charge in [-0.15, -0.1) is 0 Å². The Morgan fingerprint density at radius 3 is 2.21 bits per heavy atom.